The Morgan fingerprint density at radius 2 is 1.82 bits per heavy atom. The number of carbonyl (C=O) groups excluding carboxylic acids is 2. The van der Waals surface area contributed by atoms with E-state index in [0.29, 0.717) is 30.2 Å². The fraction of sp³-hybridized carbons (Fsp3) is 0.364. The molecule has 0 aliphatic rings. The minimum Gasteiger partial charge on any atom is -0.493 e. The predicted octanol–water partition coefficient (Wildman–Crippen LogP) is 3.31. The van der Waals surface area contributed by atoms with Crippen molar-refractivity contribution in [3.8, 4) is 11.5 Å². The Balaban J connectivity index is 1.92. The highest BCUT2D eigenvalue weighted by Gasteiger charge is 2.18. The molecule has 1 unspecified atom stereocenters. The zero-order valence-corrected chi connectivity index (χ0v) is 16.7. The van der Waals surface area contributed by atoms with Gasteiger partial charge in [-0.2, -0.15) is 0 Å². The summed E-state index contributed by atoms with van der Waals surface area (Å²) in [5.74, 6) is 0.496. The van der Waals surface area contributed by atoms with Crippen LogP contribution < -0.4 is 20.1 Å². The van der Waals surface area contributed by atoms with E-state index in [1.165, 1.54) is 7.11 Å². The van der Waals surface area contributed by atoms with E-state index in [2.05, 4.69) is 17.6 Å². The van der Waals surface area contributed by atoms with Crippen LogP contribution in [-0.2, 0) is 11.3 Å². The van der Waals surface area contributed by atoms with Crippen LogP contribution in [-0.4, -0.2) is 31.6 Å². The van der Waals surface area contributed by atoms with E-state index >= 15 is 0 Å². The number of carbonyl (C=O) groups is 2. The highest BCUT2D eigenvalue weighted by Crippen LogP contribution is 2.28. The zero-order chi connectivity index (χ0) is 20.4. The zero-order valence-electron chi connectivity index (χ0n) is 16.7. The molecule has 0 bridgehead atoms. The van der Waals surface area contributed by atoms with Crippen molar-refractivity contribution < 1.29 is 19.1 Å². The first kappa shape index (κ1) is 21.3. The molecule has 0 heterocycles. The van der Waals surface area contributed by atoms with E-state index in [-0.39, 0.29) is 11.8 Å². The second-order valence-electron chi connectivity index (χ2n) is 6.47. The summed E-state index contributed by atoms with van der Waals surface area (Å²) in [4.78, 5) is 24.7. The second kappa shape index (κ2) is 11.0. The molecular weight excluding hydrogens is 356 g/mol. The van der Waals surface area contributed by atoms with Gasteiger partial charge < -0.3 is 20.1 Å². The minimum atomic E-state index is -0.664. The van der Waals surface area contributed by atoms with Crippen molar-refractivity contribution in [2.24, 2.45) is 0 Å². The SMILES string of the molecule is CCCCOc1ccc(C(=O)NC(C)C(=O)NCc2ccccc2)cc1OC. The van der Waals surface area contributed by atoms with Gasteiger partial charge in [0, 0.05) is 12.1 Å². The summed E-state index contributed by atoms with van der Waals surface area (Å²) >= 11 is 0. The van der Waals surface area contributed by atoms with Crippen LogP contribution in [0.15, 0.2) is 48.5 Å². The number of hydrogen-bond acceptors (Lipinski definition) is 4. The normalized spacial score (nSPS) is 11.4. The first-order chi connectivity index (χ1) is 13.5. The molecule has 0 radical (unpaired) electrons. The first-order valence-corrected chi connectivity index (χ1v) is 9.48. The maximum Gasteiger partial charge on any atom is 0.252 e. The molecule has 2 aromatic carbocycles. The highest BCUT2D eigenvalue weighted by atomic mass is 16.5. The van der Waals surface area contributed by atoms with Crippen molar-refractivity contribution in [1.82, 2.24) is 10.6 Å². The fourth-order valence-corrected chi connectivity index (χ4v) is 2.54. The van der Waals surface area contributed by atoms with Crippen LogP contribution >= 0.6 is 0 Å². The fourth-order valence-electron chi connectivity index (χ4n) is 2.54. The molecule has 0 aliphatic heterocycles. The minimum absolute atomic E-state index is 0.247. The summed E-state index contributed by atoms with van der Waals surface area (Å²) < 4.78 is 11.0. The summed E-state index contributed by atoms with van der Waals surface area (Å²) in [7, 11) is 1.53. The average Bonchev–Trinajstić information content (AvgIpc) is 2.72. The molecule has 0 aromatic heterocycles. The van der Waals surface area contributed by atoms with Crippen molar-refractivity contribution in [2.75, 3.05) is 13.7 Å². The van der Waals surface area contributed by atoms with Crippen molar-refractivity contribution in [3.63, 3.8) is 0 Å². The van der Waals surface area contributed by atoms with Gasteiger partial charge in [-0.15, -0.1) is 0 Å². The van der Waals surface area contributed by atoms with E-state index in [0.717, 1.165) is 18.4 Å². The number of methoxy groups -OCH3 is 1. The lowest BCUT2D eigenvalue weighted by Crippen LogP contribution is -2.44. The molecule has 1 atom stereocenters. The van der Waals surface area contributed by atoms with Crippen molar-refractivity contribution in [2.45, 2.75) is 39.3 Å². The molecule has 0 fully saturated rings. The maximum atomic E-state index is 12.5. The summed E-state index contributed by atoms with van der Waals surface area (Å²) in [5, 5.41) is 5.53. The molecular formula is C22H28N2O4. The number of unbranched alkanes of at least 4 members (excludes halogenated alkanes) is 1. The summed E-state index contributed by atoms with van der Waals surface area (Å²) in [5.41, 5.74) is 1.40. The third kappa shape index (κ3) is 6.30. The molecule has 150 valence electrons. The second-order valence-corrected chi connectivity index (χ2v) is 6.47. The molecule has 0 saturated heterocycles. The number of hydrogen-bond donors (Lipinski definition) is 2. The molecule has 0 saturated carbocycles. The van der Waals surface area contributed by atoms with E-state index < -0.39 is 6.04 Å². The number of rotatable bonds is 10. The van der Waals surface area contributed by atoms with E-state index in [4.69, 9.17) is 9.47 Å². The standard InChI is InChI=1S/C22H28N2O4/c1-4-5-13-28-19-12-11-18(14-20(19)27-3)22(26)24-16(2)21(25)23-15-17-9-7-6-8-10-17/h6-12,14,16H,4-5,13,15H2,1-3H3,(H,23,25)(H,24,26). The largest absolute Gasteiger partial charge is 0.493 e. The Morgan fingerprint density at radius 3 is 2.50 bits per heavy atom. The van der Waals surface area contributed by atoms with Crippen LogP contribution in [0.25, 0.3) is 0 Å². The van der Waals surface area contributed by atoms with Crippen LogP contribution in [0.1, 0.15) is 42.6 Å². The Kier molecular flexibility index (Phi) is 8.34. The third-order valence-electron chi connectivity index (χ3n) is 4.23. The van der Waals surface area contributed by atoms with E-state index in [1.54, 1.807) is 25.1 Å². The van der Waals surface area contributed by atoms with Crippen LogP contribution in [0.3, 0.4) is 0 Å². The smallest absolute Gasteiger partial charge is 0.252 e. The number of benzene rings is 2. The van der Waals surface area contributed by atoms with Gasteiger partial charge in [0.05, 0.1) is 13.7 Å². The molecule has 2 aromatic rings. The molecule has 6 heteroatoms. The summed E-state index contributed by atoms with van der Waals surface area (Å²) in [6, 6.07) is 13.9. The van der Waals surface area contributed by atoms with Crippen molar-refractivity contribution in [3.05, 3.63) is 59.7 Å². The highest BCUT2D eigenvalue weighted by molar-refractivity contribution is 5.97. The van der Waals surface area contributed by atoms with Gasteiger partial charge in [-0.05, 0) is 37.1 Å². The van der Waals surface area contributed by atoms with Crippen molar-refractivity contribution in [1.29, 1.82) is 0 Å². The topological polar surface area (TPSA) is 76.7 Å². The summed E-state index contributed by atoms with van der Waals surface area (Å²) in [6.45, 7) is 4.75. The van der Waals surface area contributed by atoms with Gasteiger partial charge in [-0.3, -0.25) is 9.59 Å². The maximum absolute atomic E-state index is 12.5. The lowest BCUT2D eigenvalue weighted by Gasteiger charge is -2.15. The lowest BCUT2D eigenvalue weighted by atomic mass is 10.1. The molecule has 0 spiro atoms. The Bertz CT molecular complexity index is 777. The Morgan fingerprint density at radius 1 is 1.07 bits per heavy atom. The Labute approximate surface area is 166 Å². The van der Waals surface area contributed by atoms with Crippen LogP contribution in [0.5, 0.6) is 11.5 Å². The molecule has 2 N–H and O–H groups in total. The quantitative estimate of drug-likeness (QED) is 0.616. The monoisotopic (exact) mass is 384 g/mol. The lowest BCUT2D eigenvalue weighted by molar-refractivity contribution is -0.122. The molecule has 0 aliphatic carbocycles. The molecule has 2 rings (SSSR count). The van der Waals surface area contributed by atoms with Crippen LogP contribution in [0.2, 0.25) is 0 Å². The van der Waals surface area contributed by atoms with Gasteiger partial charge in [0.1, 0.15) is 6.04 Å². The number of ether oxygens (including phenoxy) is 2. The van der Waals surface area contributed by atoms with Gasteiger partial charge in [0.2, 0.25) is 5.91 Å². The van der Waals surface area contributed by atoms with Gasteiger partial charge in [0.15, 0.2) is 11.5 Å². The van der Waals surface area contributed by atoms with Crippen molar-refractivity contribution >= 4 is 11.8 Å². The van der Waals surface area contributed by atoms with Gasteiger partial charge in [-0.1, -0.05) is 43.7 Å². The Hall–Kier alpha value is -3.02. The summed E-state index contributed by atoms with van der Waals surface area (Å²) in [6.07, 6.45) is 1.98. The molecule has 2 amide bonds. The van der Waals surface area contributed by atoms with Gasteiger partial charge in [0.25, 0.3) is 5.91 Å². The predicted molar refractivity (Wildman–Crippen MR) is 109 cm³/mol. The number of nitrogens with one attached hydrogen (secondary N) is 2. The van der Waals surface area contributed by atoms with Crippen LogP contribution in [0, 0.1) is 0 Å². The van der Waals surface area contributed by atoms with Gasteiger partial charge >= 0.3 is 0 Å². The average molecular weight is 384 g/mol. The van der Waals surface area contributed by atoms with E-state index in [9.17, 15) is 9.59 Å². The molecule has 28 heavy (non-hydrogen) atoms. The molecule has 6 nitrogen and oxygen atoms in total. The number of amides is 2. The van der Waals surface area contributed by atoms with Gasteiger partial charge in [-0.25, -0.2) is 0 Å². The van der Waals surface area contributed by atoms with Crippen LogP contribution in [0.4, 0.5) is 0 Å². The third-order valence-corrected chi connectivity index (χ3v) is 4.23. The first-order valence-electron chi connectivity index (χ1n) is 9.48. The van der Waals surface area contributed by atoms with E-state index in [1.807, 2.05) is 30.3 Å².